The number of aromatic nitrogens is 1. The van der Waals surface area contributed by atoms with Crippen LogP contribution in [0.3, 0.4) is 0 Å². The fourth-order valence-corrected chi connectivity index (χ4v) is 1.96. The zero-order valence-electron chi connectivity index (χ0n) is 8.82. The lowest BCUT2D eigenvalue weighted by molar-refractivity contribution is 0.0697. The maximum absolute atomic E-state index is 10.9. The zero-order chi connectivity index (χ0) is 11.0. The van der Waals surface area contributed by atoms with Crippen molar-refractivity contribution in [3.05, 3.63) is 35.5 Å². The van der Waals surface area contributed by atoms with Gasteiger partial charge in [0.15, 0.2) is 0 Å². The number of carboxylic acids is 1. The molecule has 0 fully saturated rings. The summed E-state index contributed by atoms with van der Waals surface area (Å²) in [5, 5.41) is 9.92. The summed E-state index contributed by atoms with van der Waals surface area (Å²) in [4.78, 5) is 10.9. The minimum atomic E-state index is -0.871. The first-order chi connectivity index (χ1) is 7.13. The molecule has 0 saturated heterocycles. The largest absolute Gasteiger partial charge is 0.478 e. The molecule has 1 aromatic carbocycles. The first-order valence-electron chi connectivity index (χ1n) is 4.96. The van der Waals surface area contributed by atoms with E-state index in [0.29, 0.717) is 5.56 Å². The normalized spacial score (nSPS) is 10.8. The summed E-state index contributed by atoms with van der Waals surface area (Å²) < 4.78 is 2.12. The Morgan fingerprint density at radius 3 is 2.80 bits per heavy atom. The van der Waals surface area contributed by atoms with Crippen molar-refractivity contribution in [2.45, 2.75) is 20.4 Å². The van der Waals surface area contributed by atoms with E-state index < -0.39 is 5.97 Å². The summed E-state index contributed by atoms with van der Waals surface area (Å²) in [6.07, 6.45) is 1.99. The summed E-state index contributed by atoms with van der Waals surface area (Å²) in [6, 6.07) is 5.39. The molecule has 2 rings (SSSR count). The number of nitrogens with zero attached hydrogens (tertiary/aromatic N) is 1. The van der Waals surface area contributed by atoms with E-state index in [0.717, 1.165) is 23.0 Å². The topological polar surface area (TPSA) is 42.2 Å². The Bertz CT molecular complexity index is 526. The fraction of sp³-hybridized carbons (Fsp3) is 0.250. The van der Waals surface area contributed by atoms with Gasteiger partial charge >= 0.3 is 5.97 Å². The van der Waals surface area contributed by atoms with Gasteiger partial charge in [0.1, 0.15) is 0 Å². The average Bonchev–Trinajstić information content (AvgIpc) is 2.60. The number of aryl methyl sites for hydroxylation is 2. The molecule has 15 heavy (non-hydrogen) atoms. The molecule has 0 spiro atoms. The SMILES string of the molecule is CCn1ccc2cc(C(=O)O)cc(C)c21. The molecule has 3 nitrogen and oxygen atoms in total. The third-order valence-electron chi connectivity index (χ3n) is 2.64. The van der Waals surface area contributed by atoms with Gasteiger partial charge in [-0.1, -0.05) is 0 Å². The quantitative estimate of drug-likeness (QED) is 0.815. The summed E-state index contributed by atoms with van der Waals surface area (Å²) >= 11 is 0. The number of hydrogen-bond donors (Lipinski definition) is 1. The van der Waals surface area contributed by atoms with Gasteiger partial charge in [0, 0.05) is 18.1 Å². The molecule has 1 aromatic heterocycles. The smallest absolute Gasteiger partial charge is 0.335 e. The van der Waals surface area contributed by atoms with Crippen molar-refractivity contribution >= 4 is 16.9 Å². The molecule has 2 aromatic rings. The number of benzene rings is 1. The van der Waals surface area contributed by atoms with E-state index in [-0.39, 0.29) is 0 Å². The molecule has 0 amide bonds. The van der Waals surface area contributed by atoms with Crippen molar-refractivity contribution < 1.29 is 9.90 Å². The van der Waals surface area contributed by atoms with Crippen LogP contribution in [0.25, 0.3) is 10.9 Å². The molecule has 0 aliphatic carbocycles. The van der Waals surface area contributed by atoms with Gasteiger partial charge in [-0.15, -0.1) is 0 Å². The third kappa shape index (κ3) is 1.50. The van der Waals surface area contributed by atoms with E-state index in [1.54, 1.807) is 12.1 Å². The lowest BCUT2D eigenvalue weighted by Crippen LogP contribution is -1.98. The number of carbonyl (C=O) groups is 1. The lowest BCUT2D eigenvalue weighted by atomic mass is 10.1. The summed E-state index contributed by atoms with van der Waals surface area (Å²) in [5.74, 6) is -0.871. The van der Waals surface area contributed by atoms with E-state index in [2.05, 4.69) is 11.5 Å². The fourth-order valence-electron chi connectivity index (χ4n) is 1.96. The standard InChI is InChI=1S/C12H13NO2/c1-3-13-5-4-9-7-10(12(14)15)6-8(2)11(9)13/h4-7H,3H2,1-2H3,(H,14,15). The molecular weight excluding hydrogens is 190 g/mol. The molecule has 0 aliphatic heterocycles. The van der Waals surface area contributed by atoms with Crippen LogP contribution >= 0.6 is 0 Å². The third-order valence-corrected chi connectivity index (χ3v) is 2.64. The van der Waals surface area contributed by atoms with Crippen molar-refractivity contribution in [2.75, 3.05) is 0 Å². The van der Waals surface area contributed by atoms with Crippen molar-refractivity contribution in [3.63, 3.8) is 0 Å². The van der Waals surface area contributed by atoms with E-state index in [9.17, 15) is 4.79 Å². The van der Waals surface area contributed by atoms with Crippen LogP contribution in [0.15, 0.2) is 24.4 Å². The Kier molecular flexibility index (Phi) is 2.23. The number of aromatic carboxylic acids is 1. The molecule has 0 aliphatic rings. The van der Waals surface area contributed by atoms with Gasteiger partial charge in [-0.3, -0.25) is 0 Å². The molecular formula is C12H13NO2. The minimum absolute atomic E-state index is 0.355. The van der Waals surface area contributed by atoms with Crippen LogP contribution in [0.4, 0.5) is 0 Å². The van der Waals surface area contributed by atoms with Crippen molar-refractivity contribution in [1.29, 1.82) is 0 Å². The van der Waals surface area contributed by atoms with E-state index in [1.165, 1.54) is 0 Å². The molecule has 1 N–H and O–H groups in total. The van der Waals surface area contributed by atoms with Crippen LogP contribution in [0, 0.1) is 6.92 Å². The lowest BCUT2D eigenvalue weighted by Gasteiger charge is -2.05. The van der Waals surface area contributed by atoms with E-state index >= 15 is 0 Å². The Balaban J connectivity index is 2.74. The summed E-state index contributed by atoms with van der Waals surface area (Å²) in [7, 11) is 0. The molecule has 0 unspecified atom stereocenters. The summed E-state index contributed by atoms with van der Waals surface area (Å²) in [6.45, 7) is 4.92. The van der Waals surface area contributed by atoms with Crippen molar-refractivity contribution in [3.8, 4) is 0 Å². The highest BCUT2D eigenvalue weighted by Gasteiger charge is 2.09. The first-order valence-corrected chi connectivity index (χ1v) is 4.96. The maximum Gasteiger partial charge on any atom is 0.335 e. The second kappa shape index (κ2) is 3.42. The first kappa shape index (κ1) is 9.77. The van der Waals surface area contributed by atoms with Crippen molar-refractivity contribution in [2.24, 2.45) is 0 Å². The average molecular weight is 203 g/mol. The van der Waals surface area contributed by atoms with E-state index in [4.69, 9.17) is 5.11 Å². The Morgan fingerprint density at radius 1 is 1.47 bits per heavy atom. The predicted molar refractivity (Wildman–Crippen MR) is 59.3 cm³/mol. The highest BCUT2D eigenvalue weighted by molar-refractivity contribution is 5.95. The molecule has 0 atom stereocenters. The van der Waals surface area contributed by atoms with Crippen LogP contribution in [-0.2, 0) is 6.54 Å². The predicted octanol–water partition coefficient (Wildman–Crippen LogP) is 2.67. The van der Waals surface area contributed by atoms with Gasteiger partial charge in [-0.25, -0.2) is 4.79 Å². The van der Waals surface area contributed by atoms with Crippen LogP contribution in [-0.4, -0.2) is 15.6 Å². The van der Waals surface area contributed by atoms with Gasteiger partial charge in [-0.05, 0) is 37.6 Å². The Hall–Kier alpha value is -1.77. The van der Waals surface area contributed by atoms with Crippen molar-refractivity contribution in [1.82, 2.24) is 4.57 Å². The number of rotatable bonds is 2. The number of fused-ring (bicyclic) bond motifs is 1. The van der Waals surface area contributed by atoms with Crippen LogP contribution in [0.5, 0.6) is 0 Å². The Morgan fingerprint density at radius 2 is 2.20 bits per heavy atom. The van der Waals surface area contributed by atoms with Gasteiger partial charge in [-0.2, -0.15) is 0 Å². The summed E-state index contributed by atoms with van der Waals surface area (Å²) in [5.41, 5.74) is 2.49. The van der Waals surface area contributed by atoms with Gasteiger partial charge in [0.05, 0.1) is 11.1 Å². The maximum atomic E-state index is 10.9. The molecule has 0 bridgehead atoms. The van der Waals surface area contributed by atoms with Crippen LogP contribution in [0.2, 0.25) is 0 Å². The highest BCUT2D eigenvalue weighted by atomic mass is 16.4. The second-order valence-electron chi connectivity index (χ2n) is 3.64. The van der Waals surface area contributed by atoms with Gasteiger partial charge in [0.25, 0.3) is 0 Å². The number of carboxylic acid groups (broad SMARTS) is 1. The molecule has 78 valence electrons. The molecule has 0 radical (unpaired) electrons. The Labute approximate surface area is 87.9 Å². The van der Waals surface area contributed by atoms with Gasteiger partial charge in [0.2, 0.25) is 0 Å². The molecule has 1 heterocycles. The minimum Gasteiger partial charge on any atom is -0.478 e. The highest BCUT2D eigenvalue weighted by Crippen LogP contribution is 2.22. The van der Waals surface area contributed by atoms with Crippen LogP contribution in [0.1, 0.15) is 22.8 Å². The molecule has 3 heteroatoms. The van der Waals surface area contributed by atoms with Gasteiger partial charge < -0.3 is 9.67 Å². The molecule has 0 saturated carbocycles. The van der Waals surface area contributed by atoms with E-state index in [1.807, 2.05) is 19.2 Å². The zero-order valence-corrected chi connectivity index (χ0v) is 8.82. The second-order valence-corrected chi connectivity index (χ2v) is 3.64. The monoisotopic (exact) mass is 203 g/mol. The number of hydrogen-bond acceptors (Lipinski definition) is 1. The van der Waals surface area contributed by atoms with Crippen LogP contribution < -0.4 is 0 Å².